The number of fused-ring (bicyclic) bond motifs is 3. The molecule has 1 fully saturated rings. The van der Waals surface area contributed by atoms with Crippen molar-refractivity contribution in [2.45, 2.75) is 25.6 Å². The Morgan fingerprint density at radius 2 is 1.81 bits per heavy atom. The molecule has 6 rings (SSSR count). The number of unbranched alkanes of at least 4 members (excludes halogenated alkanes) is 1. The van der Waals surface area contributed by atoms with Crippen LogP contribution >= 0.6 is 0 Å². The average molecular weight is 594 g/mol. The molecule has 0 bridgehead atoms. The number of halogens is 3. The van der Waals surface area contributed by atoms with Crippen molar-refractivity contribution in [2.24, 2.45) is 0 Å². The second-order valence-electron chi connectivity index (χ2n) is 10.3. The van der Waals surface area contributed by atoms with E-state index < -0.39 is 17.3 Å². The largest absolute Gasteiger partial charge is 0.481 e. The second kappa shape index (κ2) is 11.7. The van der Waals surface area contributed by atoms with Crippen LogP contribution in [-0.2, 0) is 12.7 Å². The highest BCUT2D eigenvalue weighted by molar-refractivity contribution is 6.04. The van der Waals surface area contributed by atoms with Gasteiger partial charge in [-0.2, -0.15) is 13.2 Å². The molecule has 4 heterocycles. The van der Waals surface area contributed by atoms with Crippen LogP contribution in [0.1, 0.15) is 18.4 Å². The first kappa shape index (κ1) is 28.6. The summed E-state index contributed by atoms with van der Waals surface area (Å²) in [5.74, 6) is 0.455. The Bertz CT molecular complexity index is 1830. The molecule has 1 aliphatic rings. The molecule has 2 N–H and O–H groups in total. The molecule has 224 valence electrons. The first-order valence-electron chi connectivity index (χ1n) is 14.0. The lowest BCUT2D eigenvalue weighted by atomic mass is 10.0. The fourth-order valence-corrected chi connectivity index (χ4v) is 5.57. The molecule has 5 aromatic rings. The van der Waals surface area contributed by atoms with Gasteiger partial charge in [0.25, 0.3) is 5.56 Å². The predicted octanol–water partition coefficient (Wildman–Crippen LogP) is 4.01. The summed E-state index contributed by atoms with van der Waals surface area (Å²) in [7, 11) is 1.53. The van der Waals surface area contributed by atoms with Crippen LogP contribution in [0.15, 0.2) is 59.5 Å². The molecule has 3 aromatic heterocycles. The third-order valence-electron chi connectivity index (χ3n) is 7.72. The van der Waals surface area contributed by atoms with E-state index in [0.29, 0.717) is 67.9 Å². The molecule has 0 unspecified atom stereocenters. The molecule has 0 aliphatic carbocycles. The first-order chi connectivity index (χ1) is 20.8. The standard InChI is InChI=1S/C30H30F3N7O3/c1-43-26-9-5-20(18-35-26)19-4-7-24-22(16-19)28-27(29(42)39(24)12-2-3-15-41)36-37-40(28)21-6-8-25(23(17-21)30(31,32)33)38-13-10-34-11-14-38/h4-9,16-18,34,41H,2-3,10-15H2,1H3. The quantitative estimate of drug-likeness (QED) is 0.260. The van der Waals surface area contributed by atoms with Crippen molar-refractivity contribution in [3.05, 3.63) is 70.6 Å². The van der Waals surface area contributed by atoms with Crippen molar-refractivity contribution in [3.8, 4) is 22.7 Å². The maximum absolute atomic E-state index is 14.4. The number of hydrogen-bond acceptors (Lipinski definition) is 8. The SMILES string of the molecule is COc1ccc(-c2ccc3c(c2)c2c(nnn2-c2ccc(N4CCNCC4)c(C(F)(F)F)c2)c(=O)n3CCCCO)cn1. The molecule has 0 spiro atoms. The van der Waals surface area contributed by atoms with E-state index in [1.165, 1.54) is 17.9 Å². The van der Waals surface area contributed by atoms with Crippen LogP contribution in [0.2, 0.25) is 0 Å². The number of aliphatic hydroxyl groups excluding tert-OH is 1. The Morgan fingerprint density at radius 1 is 1.02 bits per heavy atom. The molecule has 0 atom stereocenters. The minimum Gasteiger partial charge on any atom is -0.481 e. The lowest BCUT2D eigenvalue weighted by molar-refractivity contribution is -0.137. The van der Waals surface area contributed by atoms with Gasteiger partial charge < -0.3 is 24.6 Å². The van der Waals surface area contributed by atoms with Crippen molar-refractivity contribution >= 4 is 27.6 Å². The minimum absolute atomic E-state index is 0.00873. The van der Waals surface area contributed by atoms with Crippen LogP contribution in [0, 0.1) is 0 Å². The fraction of sp³-hybridized carbons (Fsp3) is 0.333. The Labute approximate surface area is 244 Å². The zero-order valence-electron chi connectivity index (χ0n) is 23.4. The number of aliphatic hydroxyl groups is 1. The molecular weight excluding hydrogens is 563 g/mol. The molecule has 2 aromatic carbocycles. The minimum atomic E-state index is -4.61. The van der Waals surface area contributed by atoms with Crippen molar-refractivity contribution in [1.82, 2.24) is 29.9 Å². The van der Waals surface area contributed by atoms with Gasteiger partial charge in [-0.1, -0.05) is 11.3 Å². The summed E-state index contributed by atoms with van der Waals surface area (Å²) >= 11 is 0. The van der Waals surface area contributed by atoms with Gasteiger partial charge in [0.2, 0.25) is 5.88 Å². The summed E-state index contributed by atoms with van der Waals surface area (Å²) in [5, 5.41) is 21.4. The van der Waals surface area contributed by atoms with Gasteiger partial charge in [-0.25, -0.2) is 9.67 Å². The Balaban J connectivity index is 1.57. The lowest BCUT2D eigenvalue weighted by Gasteiger charge is -2.31. The van der Waals surface area contributed by atoms with Gasteiger partial charge in [0.05, 0.1) is 23.9 Å². The molecule has 0 saturated carbocycles. The summed E-state index contributed by atoms with van der Waals surface area (Å²) < 4.78 is 51.2. The van der Waals surface area contributed by atoms with Gasteiger partial charge in [-0.3, -0.25) is 4.79 Å². The maximum atomic E-state index is 14.4. The van der Waals surface area contributed by atoms with Gasteiger partial charge >= 0.3 is 6.18 Å². The van der Waals surface area contributed by atoms with E-state index >= 15 is 0 Å². The van der Waals surface area contributed by atoms with Crippen molar-refractivity contribution in [3.63, 3.8) is 0 Å². The maximum Gasteiger partial charge on any atom is 0.418 e. The van der Waals surface area contributed by atoms with Gasteiger partial charge in [0, 0.05) is 68.2 Å². The summed E-state index contributed by atoms with van der Waals surface area (Å²) in [4.78, 5) is 19.7. The Kier molecular flexibility index (Phi) is 7.75. The summed E-state index contributed by atoms with van der Waals surface area (Å²) in [6.45, 7) is 2.42. The van der Waals surface area contributed by atoms with Crippen LogP contribution in [0.5, 0.6) is 5.88 Å². The number of pyridine rings is 2. The number of hydrogen-bond donors (Lipinski definition) is 2. The highest BCUT2D eigenvalue weighted by Crippen LogP contribution is 2.39. The molecule has 1 saturated heterocycles. The van der Waals surface area contributed by atoms with Crippen molar-refractivity contribution in [2.75, 3.05) is 44.8 Å². The number of nitrogens with zero attached hydrogens (tertiary/aromatic N) is 6. The number of aryl methyl sites for hydroxylation is 1. The summed E-state index contributed by atoms with van der Waals surface area (Å²) in [6, 6.07) is 13.2. The lowest BCUT2D eigenvalue weighted by Crippen LogP contribution is -2.44. The number of aromatic nitrogens is 5. The highest BCUT2D eigenvalue weighted by atomic mass is 19.4. The van der Waals surface area contributed by atoms with E-state index in [-0.39, 0.29) is 23.5 Å². The topological polar surface area (TPSA) is 110 Å². The van der Waals surface area contributed by atoms with Crippen molar-refractivity contribution in [1.29, 1.82) is 0 Å². The molecule has 10 nitrogen and oxygen atoms in total. The number of ether oxygens (including phenoxy) is 1. The van der Waals surface area contributed by atoms with Gasteiger partial charge in [-0.15, -0.1) is 5.10 Å². The average Bonchev–Trinajstić information content (AvgIpc) is 3.48. The molecule has 1 aliphatic heterocycles. The fourth-order valence-electron chi connectivity index (χ4n) is 5.57. The Hall–Kier alpha value is -4.49. The van der Waals surface area contributed by atoms with E-state index in [1.807, 2.05) is 18.2 Å². The van der Waals surface area contributed by atoms with Gasteiger partial charge in [-0.05, 0) is 54.8 Å². The number of methoxy groups -OCH3 is 1. The zero-order valence-corrected chi connectivity index (χ0v) is 23.4. The third-order valence-corrected chi connectivity index (χ3v) is 7.72. The smallest absolute Gasteiger partial charge is 0.418 e. The van der Waals surface area contributed by atoms with Crippen LogP contribution in [0.4, 0.5) is 18.9 Å². The number of anilines is 1. The third kappa shape index (κ3) is 5.41. The van der Waals surface area contributed by atoms with Gasteiger partial charge in [0.15, 0.2) is 5.52 Å². The summed E-state index contributed by atoms with van der Waals surface area (Å²) in [5.41, 5.74) is 1.57. The second-order valence-corrected chi connectivity index (χ2v) is 10.3. The Morgan fingerprint density at radius 3 is 2.51 bits per heavy atom. The number of piperazine rings is 1. The van der Waals surface area contributed by atoms with E-state index in [0.717, 1.165) is 17.2 Å². The number of alkyl halides is 3. The van der Waals surface area contributed by atoms with Crippen LogP contribution in [0.25, 0.3) is 38.8 Å². The van der Waals surface area contributed by atoms with E-state index in [4.69, 9.17) is 4.74 Å². The van der Waals surface area contributed by atoms with Crippen LogP contribution in [-0.4, -0.2) is 69.5 Å². The van der Waals surface area contributed by atoms with Gasteiger partial charge in [0.1, 0.15) is 5.52 Å². The zero-order chi connectivity index (χ0) is 30.1. The molecule has 0 amide bonds. The number of benzene rings is 2. The molecule has 13 heteroatoms. The number of rotatable bonds is 8. The number of nitrogens with one attached hydrogen (secondary N) is 1. The first-order valence-corrected chi connectivity index (χ1v) is 14.0. The van der Waals surface area contributed by atoms with Crippen molar-refractivity contribution < 1.29 is 23.0 Å². The van der Waals surface area contributed by atoms with E-state index in [2.05, 4.69) is 20.6 Å². The van der Waals surface area contributed by atoms with E-state index in [1.54, 1.807) is 33.9 Å². The van der Waals surface area contributed by atoms with Crippen LogP contribution < -0.4 is 20.5 Å². The summed E-state index contributed by atoms with van der Waals surface area (Å²) in [6.07, 6.45) is -1.89. The monoisotopic (exact) mass is 593 g/mol. The van der Waals surface area contributed by atoms with Crippen LogP contribution in [0.3, 0.4) is 0 Å². The normalized spacial score (nSPS) is 14.1. The predicted molar refractivity (Wildman–Crippen MR) is 157 cm³/mol. The highest BCUT2D eigenvalue weighted by Gasteiger charge is 2.36. The van der Waals surface area contributed by atoms with E-state index in [9.17, 15) is 23.1 Å². The molecule has 0 radical (unpaired) electrons. The molecular formula is C30H30F3N7O3. The molecule has 43 heavy (non-hydrogen) atoms.